The number of fused-ring (bicyclic) bond motifs is 5. The summed E-state index contributed by atoms with van der Waals surface area (Å²) in [6.45, 7) is 5.41. The maximum absolute atomic E-state index is 16.1. The highest BCUT2D eigenvalue weighted by Gasteiger charge is 2.51. The summed E-state index contributed by atoms with van der Waals surface area (Å²) in [5, 5.41) is 7.42. The smallest absolute Gasteiger partial charge is 0.407 e. The Morgan fingerprint density at radius 2 is 1.63 bits per heavy atom. The van der Waals surface area contributed by atoms with Crippen LogP contribution in [0.25, 0.3) is 44.2 Å². The normalized spacial score (nSPS) is 22.4. The maximum atomic E-state index is 16.1. The molecule has 0 radical (unpaired) electrons. The lowest BCUT2D eigenvalue weighted by molar-refractivity contribution is -0.139. The Kier molecular flexibility index (Phi) is 11.4. The van der Waals surface area contributed by atoms with E-state index >= 15 is 4.39 Å². The molecule has 2 aromatic heterocycles. The number of nitrogens with zero attached hydrogens (tertiary/aromatic N) is 4. The van der Waals surface area contributed by atoms with E-state index in [1.807, 2.05) is 60.0 Å². The topological polar surface area (TPSA) is 184 Å². The zero-order valence-corrected chi connectivity index (χ0v) is 35.4. The number of aromatic amines is 2. The van der Waals surface area contributed by atoms with Crippen molar-refractivity contribution in [3.05, 3.63) is 72.2 Å². The molecule has 3 aromatic carbocycles. The fraction of sp³-hybridized carbons (Fsp3) is 0.478. The molecule has 1 saturated carbocycles. The van der Waals surface area contributed by atoms with E-state index in [-0.39, 0.29) is 47.7 Å². The van der Waals surface area contributed by atoms with Gasteiger partial charge in [-0.3, -0.25) is 9.59 Å². The van der Waals surface area contributed by atoms with Crippen LogP contribution in [-0.2, 0) is 23.8 Å². The lowest BCUT2D eigenvalue weighted by atomic mass is 9.90. The van der Waals surface area contributed by atoms with Crippen molar-refractivity contribution in [2.75, 3.05) is 34.0 Å². The Hall–Kier alpha value is -6.03. The zero-order valence-electron chi connectivity index (χ0n) is 35.4. The molecular formula is C46H53FN8O7. The van der Waals surface area contributed by atoms with E-state index in [4.69, 9.17) is 19.2 Å². The van der Waals surface area contributed by atoms with Crippen LogP contribution in [-0.4, -0.2) is 106 Å². The van der Waals surface area contributed by atoms with Crippen molar-refractivity contribution in [2.45, 2.75) is 89.0 Å². The number of alkyl carbamates (subject to hydrolysis) is 2. The number of carbonyl (C=O) groups is 4. The Morgan fingerprint density at radius 3 is 2.39 bits per heavy atom. The zero-order chi connectivity index (χ0) is 43.2. The van der Waals surface area contributed by atoms with Crippen LogP contribution in [0, 0.1) is 23.6 Å². The number of hydrogen-bond donors (Lipinski definition) is 4. The molecule has 0 spiro atoms. The molecule has 2 bridgehead atoms. The fourth-order valence-electron chi connectivity index (χ4n) is 10.3. The van der Waals surface area contributed by atoms with Crippen LogP contribution in [0.1, 0.15) is 82.5 Å². The van der Waals surface area contributed by atoms with Crippen molar-refractivity contribution in [1.82, 2.24) is 40.4 Å². The summed E-state index contributed by atoms with van der Waals surface area (Å²) in [7, 11) is 2.58. The standard InChI is InChI=1S/C46H53FN8O7/c1-24(2)37(52-45(58)60-3)44(57)55-30-11-7-29(21-30)40(55)42-48-23-35(50-42)32-13-9-27(22-33(32)47)26-8-12-31-28(20-26)10-14-34-39(31)51-41(49-34)36-6-5-17-54(36)43(56)38(53-46(59)61-4)25-15-18-62-19-16-25/h8-10,12-14,20,22-25,29-30,36-38,40H,5-7,11,15-19,21H2,1-4H3,(H,48,50)(H,49,51)(H,52,58)(H,53,59)/t29-,30+,36-,37-,38-,40-/m0/s1. The first kappa shape index (κ1) is 41.3. The molecule has 3 aliphatic heterocycles. The van der Waals surface area contributed by atoms with Crippen LogP contribution in [0.3, 0.4) is 0 Å². The van der Waals surface area contributed by atoms with Gasteiger partial charge in [-0.25, -0.2) is 23.9 Å². The molecule has 4 amide bonds. The van der Waals surface area contributed by atoms with Gasteiger partial charge in [0.05, 0.1) is 49.2 Å². The molecule has 0 unspecified atom stereocenters. The van der Waals surface area contributed by atoms with Gasteiger partial charge in [0.25, 0.3) is 0 Å². The quantitative estimate of drug-likeness (QED) is 0.113. The molecule has 4 aliphatic rings. The van der Waals surface area contributed by atoms with Crippen LogP contribution in [0.4, 0.5) is 14.0 Å². The molecule has 5 heterocycles. The molecule has 15 nitrogen and oxygen atoms in total. The van der Waals surface area contributed by atoms with Gasteiger partial charge in [0, 0.05) is 36.8 Å². The number of benzene rings is 3. The lowest BCUT2D eigenvalue weighted by Crippen LogP contribution is -2.54. The number of likely N-dealkylation sites (tertiary alicyclic amines) is 2. The van der Waals surface area contributed by atoms with Crippen LogP contribution in [0.2, 0.25) is 0 Å². The summed E-state index contributed by atoms with van der Waals surface area (Å²) in [5.74, 6) is 0.575. The lowest BCUT2D eigenvalue weighted by Gasteiger charge is -2.37. The van der Waals surface area contributed by atoms with Crippen LogP contribution in [0.5, 0.6) is 0 Å². The van der Waals surface area contributed by atoms with Gasteiger partial charge in [0.1, 0.15) is 29.5 Å². The number of ether oxygens (including phenoxy) is 3. The van der Waals surface area contributed by atoms with Crippen molar-refractivity contribution in [2.24, 2.45) is 17.8 Å². The Bertz CT molecular complexity index is 2510. The van der Waals surface area contributed by atoms with E-state index in [0.29, 0.717) is 61.1 Å². The second-order valence-corrected chi connectivity index (χ2v) is 17.4. The number of nitrogens with one attached hydrogen (secondary N) is 4. The average Bonchev–Trinajstić information content (AvgIpc) is 4.15. The van der Waals surface area contributed by atoms with Gasteiger partial charge in [-0.05, 0) is 103 Å². The summed E-state index contributed by atoms with van der Waals surface area (Å²) in [6.07, 6.45) is 5.93. The van der Waals surface area contributed by atoms with Crippen molar-refractivity contribution in [1.29, 1.82) is 0 Å². The minimum atomic E-state index is -0.748. The van der Waals surface area contributed by atoms with Gasteiger partial charge < -0.3 is 44.6 Å². The minimum Gasteiger partial charge on any atom is -0.453 e. The van der Waals surface area contributed by atoms with Gasteiger partial charge in [0.15, 0.2) is 0 Å². The molecule has 16 heteroatoms. The number of H-pyrrole nitrogens is 2. The Morgan fingerprint density at radius 1 is 0.871 bits per heavy atom. The van der Waals surface area contributed by atoms with E-state index in [2.05, 4.69) is 25.6 Å². The van der Waals surface area contributed by atoms with E-state index in [1.54, 1.807) is 12.3 Å². The van der Waals surface area contributed by atoms with Crippen LogP contribution in [0.15, 0.2) is 54.7 Å². The van der Waals surface area contributed by atoms with Gasteiger partial charge >= 0.3 is 12.2 Å². The molecule has 62 heavy (non-hydrogen) atoms. The van der Waals surface area contributed by atoms with E-state index in [1.165, 1.54) is 20.3 Å². The highest BCUT2D eigenvalue weighted by Crippen LogP contribution is 2.50. The molecular weight excluding hydrogens is 796 g/mol. The second-order valence-electron chi connectivity index (χ2n) is 17.4. The average molecular weight is 849 g/mol. The number of rotatable bonds is 10. The van der Waals surface area contributed by atoms with Gasteiger partial charge in [-0.1, -0.05) is 38.1 Å². The third kappa shape index (κ3) is 7.62. The first-order valence-corrected chi connectivity index (χ1v) is 21.7. The first-order valence-electron chi connectivity index (χ1n) is 21.7. The Labute approximate surface area is 358 Å². The summed E-state index contributed by atoms with van der Waals surface area (Å²) in [6, 6.07) is 13.1. The summed E-state index contributed by atoms with van der Waals surface area (Å²) in [5.41, 5.74) is 4.06. The van der Waals surface area contributed by atoms with E-state index in [9.17, 15) is 19.2 Å². The number of imidazole rings is 2. The second kappa shape index (κ2) is 17.0. The van der Waals surface area contributed by atoms with Crippen molar-refractivity contribution in [3.8, 4) is 22.4 Å². The molecule has 1 aliphatic carbocycles. The van der Waals surface area contributed by atoms with Crippen LogP contribution >= 0.6 is 0 Å². The Balaban J connectivity index is 0.937. The number of aromatic nitrogens is 4. The van der Waals surface area contributed by atoms with Crippen molar-refractivity contribution >= 4 is 45.8 Å². The monoisotopic (exact) mass is 848 g/mol. The molecule has 3 saturated heterocycles. The molecule has 6 atom stereocenters. The van der Waals surface area contributed by atoms with Crippen molar-refractivity contribution < 1.29 is 37.8 Å². The third-order valence-electron chi connectivity index (χ3n) is 13.5. The van der Waals surface area contributed by atoms with E-state index < -0.39 is 30.1 Å². The third-order valence-corrected chi connectivity index (χ3v) is 13.5. The van der Waals surface area contributed by atoms with Gasteiger partial charge in [-0.2, -0.15) is 0 Å². The van der Waals surface area contributed by atoms with E-state index in [0.717, 1.165) is 59.5 Å². The van der Waals surface area contributed by atoms with Gasteiger partial charge in [-0.15, -0.1) is 0 Å². The predicted molar refractivity (Wildman–Crippen MR) is 228 cm³/mol. The summed E-state index contributed by atoms with van der Waals surface area (Å²) in [4.78, 5) is 72.8. The fourth-order valence-corrected chi connectivity index (χ4v) is 10.3. The largest absolute Gasteiger partial charge is 0.453 e. The highest BCUT2D eigenvalue weighted by molar-refractivity contribution is 6.05. The summed E-state index contributed by atoms with van der Waals surface area (Å²) < 4.78 is 31.3. The minimum absolute atomic E-state index is 0.0444. The number of amides is 4. The number of piperidine rings is 1. The first-order chi connectivity index (χ1) is 30.0. The highest BCUT2D eigenvalue weighted by atomic mass is 19.1. The molecule has 4 N–H and O–H groups in total. The maximum Gasteiger partial charge on any atom is 0.407 e. The van der Waals surface area contributed by atoms with Gasteiger partial charge in [0.2, 0.25) is 11.8 Å². The predicted octanol–water partition coefficient (Wildman–Crippen LogP) is 7.16. The molecule has 326 valence electrons. The SMILES string of the molecule is COC(=O)N[C@H](C(=O)N1[C@@H]2CC[C@@H](C2)[C@H]1c1ncc(-c2ccc(-c3ccc4c(ccc5nc([C@@H]6CCCN6C(=O)[C@@H](NC(=O)OC)C6CCOCC6)[nH]c54)c3)cc2F)[nH]1)C(C)C. The number of methoxy groups -OCH3 is 2. The number of halogens is 1. The molecule has 5 aromatic rings. The molecule has 9 rings (SSSR count). The van der Waals surface area contributed by atoms with Crippen molar-refractivity contribution in [3.63, 3.8) is 0 Å². The number of hydrogen-bond acceptors (Lipinski definition) is 9. The summed E-state index contributed by atoms with van der Waals surface area (Å²) >= 11 is 0. The number of carbonyl (C=O) groups excluding carboxylic acids is 4. The van der Waals surface area contributed by atoms with Crippen LogP contribution < -0.4 is 10.6 Å². The molecule has 4 fully saturated rings.